The third-order valence-electron chi connectivity index (χ3n) is 3.63. The fourth-order valence-electron chi connectivity index (χ4n) is 2.22. The average Bonchev–Trinajstić information content (AvgIpc) is 2.67. The van der Waals surface area contributed by atoms with Gasteiger partial charge in [-0.25, -0.2) is 9.59 Å². The highest BCUT2D eigenvalue weighted by molar-refractivity contribution is 5.89. The molecule has 2 aromatic carbocycles. The number of carbonyl (C=O) groups is 2. The molecule has 0 aliphatic carbocycles. The molecule has 25 heavy (non-hydrogen) atoms. The number of benzene rings is 2. The summed E-state index contributed by atoms with van der Waals surface area (Å²) in [6.45, 7) is 2.14. The van der Waals surface area contributed by atoms with Crippen LogP contribution < -0.4 is 0 Å². The van der Waals surface area contributed by atoms with E-state index in [0.717, 1.165) is 5.56 Å². The molecule has 0 aromatic heterocycles. The standard InChI is InChI=1S/C21H22O4/c1-2-19(15-16-24-21(23)18-11-7-4-8-12-18)25-20(22)14-13-17-9-5-3-6-10-17/h3-14,19H,2,15-16H2,1H3/b14-13+. The Bertz CT molecular complexity index is 692. The predicted octanol–water partition coefficient (Wildman–Crippen LogP) is 4.27. The molecule has 2 aromatic rings. The molecule has 0 heterocycles. The SMILES string of the molecule is CCC(CCOC(=O)c1ccccc1)OC(=O)/C=C/c1ccccc1. The maximum Gasteiger partial charge on any atom is 0.338 e. The van der Waals surface area contributed by atoms with Crippen LogP contribution in [0.25, 0.3) is 6.08 Å². The highest BCUT2D eigenvalue weighted by atomic mass is 16.6. The highest BCUT2D eigenvalue weighted by Gasteiger charge is 2.13. The summed E-state index contributed by atoms with van der Waals surface area (Å²) in [5.74, 6) is -0.768. The molecule has 0 aliphatic heterocycles. The smallest absolute Gasteiger partial charge is 0.338 e. The van der Waals surface area contributed by atoms with E-state index in [2.05, 4.69) is 0 Å². The second-order valence-electron chi connectivity index (χ2n) is 5.50. The summed E-state index contributed by atoms with van der Waals surface area (Å²) < 4.78 is 10.6. The molecule has 1 atom stereocenters. The maximum atomic E-state index is 11.9. The van der Waals surface area contributed by atoms with E-state index in [9.17, 15) is 9.59 Å². The molecule has 0 saturated carbocycles. The lowest BCUT2D eigenvalue weighted by Gasteiger charge is -2.15. The molecule has 0 spiro atoms. The Kier molecular flexibility index (Phi) is 7.44. The molecule has 0 radical (unpaired) electrons. The van der Waals surface area contributed by atoms with Gasteiger partial charge in [0.2, 0.25) is 0 Å². The Morgan fingerprint density at radius 2 is 1.64 bits per heavy atom. The first kappa shape index (κ1) is 18.5. The predicted molar refractivity (Wildman–Crippen MR) is 97.0 cm³/mol. The molecular formula is C21H22O4. The van der Waals surface area contributed by atoms with Crippen LogP contribution in [0, 0.1) is 0 Å². The molecule has 0 amide bonds. The van der Waals surface area contributed by atoms with E-state index in [-0.39, 0.29) is 18.7 Å². The molecule has 4 nitrogen and oxygen atoms in total. The van der Waals surface area contributed by atoms with E-state index in [1.54, 1.807) is 30.3 Å². The summed E-state index contributed by atoms with van der Waals surface area (Å²) in [6.07, 6.45) is 3.98. The molecule has 0 bridgehead atoms. The summed E-state index contributed by atoms with van der Waals surface area (Å²) in [5.41, 5.74) is 1.45. The Morgan fingerprint density at radius 1 is 1.00 bits per heavy atom. The van der Waals surface area contributed by atoms with Crippen molar-refractivity contribution in [3.63, 3.8) is 0 Å². The van der Waals surface area contributed by atoms with Crippen molar-refractivity contribution >= 4 is 18.0 Å². The van der Waals surface area contributed by atoms with Crippen LogP contribution >= 0.6 is 0 Å². The second-order valence-corrected chi connectivity index (χ2v) is 5.50. The van der Waals surface area contributed by atoms with E-state index >= 15 is 0 Å². The van der Waals surface area contributed by atoms with Gasteiger partial charge in [0.05, 0.1) is 12.2 Å². The number of hydrogen-bond acceptors (Lipinski definition) is 4. The fourth-order valence-corrected chi connectivity index (χ4v) is 2.22. The zero-order valence-corrected chi connectivity index (χ0v) is 14.3. The van der Waals surface area contributed by atoms with Gasteiger partial charge in [-0.05, 0) is 30.2 Å². The number of ether oxygens (including phenoxy) is 2. The minimum Gasteiger partial charge on any atom is -0.462 e. The summed E-state index contributed by atoms with van der Waals surface area (Å²) >= 11 is 0. The van der Waals surface area contributed by atoms with Crippen LogP contribution in [0.15, 0.2) is 66.7 Å². The minimum absolute atomic E-state index is 0.210. The quantitative estimate of drug-likeness (QED) is 0.533. The van der Waals surface area contributed by atoms with Crippen LogP contribution in [0.1, 0.15) is 35.7 Å². The summed E-state index contributed by atoms with van der Waals surface area (Å²) in [7, 11) is 0. The van der Waals surface area contributed by atoms with Crippen molar-refractivity contribution in [2.75, 3.05) is 6.61 Å². The molecule has 0 N–H and O–H groups in total. The number of esters is 2. The van der Waals surface area contributed by atoms with Gasteiger partial charge in [0.25, 0.3) is 0 Å². The monoisotopic (exact) mass is 338 g/mol. The first-order valence-corrected chi connectivity index (χ1v) is 8.35. The van der Waals surface area contributed by atoms with Crippen molar-refractivity contribution in [1.29, 1.82) is 0 Å². The van der Waals surface area contributed by atoms with Gasteiger partial charge in [-0.15, -0.1) is 0 Å². The van der Waals surface area contributed by atoms with Crippen LogP contribution in [0.5, 0.6) is 0 Å². The first-order valence-electron chi connectivity index (χ1n) is 8.35. The summed E-state index contributed by atoms with van der Waals surface area (Å²) in [4.78, 5) is 23.7. The van der Waals surface area contributed by atoms with E-state index in [1.165, 1.54) is 6.08 Å². The summed E-state index contributed by atoms with van der Waals surface area (Å²) in [5, 5.41) is 0. The van der Waals surface area contributed by atoms with E-state index in [0.29, 0.717) is 18.4 Å². The van der Waals surface area contributed by atoms with Gasteiger partial charge in [-0.1, -0.05) is 55.5 Å². The van der Waals surface area contributed by atoms with Crippen molar-refractivity contribution in [2.24, 2.45) is 0 Å². The normalized spacial score (nSPS) is 11.9. The van der Waals surface area contributed by atoms with Crippen LogP contribution in [-0.2, 0) is 14.3 Å². The molecule has 130 valence electrons. The maximum absolute atomic E-state index is 11.9. The summed E-state index contributed by atoms with van der Waals surface area (Å²) in [6, 6.07) is 18.3. The van der Waals surface area contributed by atoms with Crippen molar-refractivity contribution in [3.05, 3.63) is 77.9 Å². The Hall–Kier alpha value is -2.88. The van der Waals surface area contributed by atoms with Crippen LogP contribution in [0.3, 0.4) is 0 Å². The Balaban J connectivity index is 1.75. The molecule has 0 aliphatic rings. The van der Waals surface area contributed by atoms with E-state index < -0.39 is 5.97 Å². The van der Waals surface area contributed by atoms with Crippen LogP contribution in [-0.4, -0.2) is 24.6 Å². The van der Waals surface area contributed by atoms with Gasteiger partial charge in [0.1, 0.15) is 6.10 Å². The third kappa shape index (κ3) is 6.63. The largest absolute Gasteiger partial charge is 0.462 e. The highest BCUT2D eigenvalue weighted by Crippen LogP contribution is 2.08. The van der Waals surface area contributed by atoms with Gasteiger partial charge in [-0.3, -0.25) is 0 Å². The Morgan fingerprint density at radius 3 is 2.28 bits per heavy atom. The molecular weight excluding hydrogens is 316 g/mol. The van der Waals surface area contributed by atoms with Crippen molar-refractivity contribution < 1.29 is 19.1 Å². The van der Waals surface area contributed by atoms with Gasteiger partial charge in [-0.2, -0.15) is 0 Å². The van der Waals surface area contributed by atoms with Gasteiger partial charge in [0.15, 0.2) is 0 Å². The Labute approximate surface area is 148 Å². The fraction of sp³-hybridized carbons (Fsp3) is 0.238. The molecule has 1 unspecified atom stereocenters. The zero-order valence-electron chi connectivity index (χ0n) is 14.3. The lowest BCUT2D eigenvalue weighted by atomic mass is 10.2. The second kappa shape index (κ2) is 10.1. The lowest BCUT2D eigenvalue weighted by molar-refractivity contribution is -0.143. The van der Waals surface area contributed by atoms with Crippen molar-refractivity contribution in [2.45, 2.75) is 25.9 Å². The molecule has 4 heteroatoms. The van der Waals surface area contributed by atoms with Crippen LogP contribution in [0.2, 0.25) is 0 Å². The average molecular weight is 338 g/mol. The van der Waals surface area contributed by atoms with Crippen LogP contribution in [0.4, 0.5) is 0 Å². The minimum atomic E-state index is -0.398. The van der Waals surface area contributed by atoms with Crippen molar-refractivity contribution in [1.82, 2.24) is 0 Å². The van der Waals surface area contributed by atoms with Gasteiger partial charge < -0.3 is 9.47 Å². The molecule has 2 rings (SSSR count). The first-order chi connectivity index (χ1) is 12.2. The molecule has 0 fully saturated rings. The van der Waals surface area contributed by atoms with Crippen molar-refractivity contribution in [3.8, 4) is 0 Å². The van der Waals surface area contributed by atoms with E-state index in [1.807, 2.05) is 43.3 Å². The van der Waals surface area contributed by atoms with E-state index in [4.69, 9.17) is 9.47 Å². The van der Waals surface area contributed by atoms with Gasteiger partial charge >= 0.3 is 11.9 Å². The topological polar surface area (TPSA) is 52.6 Å². The zero-order chi connectivity index (χ0) is 17.9. The lowest BCUT2D eigenvalue weighted by Crippen LogP contribution is -2.19. The number of hydrogen-bond donors (Lipinski definition) is 0. The molecule has 0 saturated heterocycles. The third-order valence-corrected chi connectivity index (χ3v) is 3.63. The number of rotatable bonds is 8. The van der Waals surface area contributed by atoms with Gasteiger partial charge in [0, 0.05) is 12.5 Å². The number of carbonyl (C=O) groups excluding carboxylic acids is 2.